The van der Waals surface area contributed by atoms with Crippen molar-refractivity contribution in [2.75, 3.05) is 16.8 Å². The summed E-state index contributed by atoms with van der Waals surface area (Å²) in [5, 5.41) is 17.6. The lowest BCUT2D eigenvalue weighted by Crippen LogP contribution is -2.37. The van der Waals surface area contributed by atoms with Gasteiger partial charge in [0.25, 0.3) is 0 Å². The summed E-state index contributed by atoms with van der Waals surface area (Å²) in [6.07, 6.45) is -2.74. The number of alkyl halides is 3. The van der Waals surface area contributed by atoms with Crippen LogP contribution in [0.1, 0.15) is 46.4 Å². The molecular weight excluding hydrogens is 501 g/mol. The fourth-order valence-electron chi connectivity index (χ4n) is 4.33. The van der Waals surface area contributed by atoms with E-state index in [9.17, 15) is 13.2 Å². The average Bonchev–Trinajstić information content (AvgIpc) is 3.57. The van der Waals surface area contributed by atoms with Crippen LogP contribution in [0.2, 0.25) is 0 Å². The summed E-state index contributed by atoms with van der Waals surface area (Å²) in [6, 6.07) is 13.9. The lowest BCUT2D eigenvalue weighted by Gasteiger charge is -2.35. The van der Waals surface area contributed by atoms with Gasteiger partial charge in [0, 0.05) is 29.7 Å². The van der Waals surface area contributed by atoms with Gasteiger partial charge in [-0.25, -0.2) is 0 Å². The van der Waals surface area contributed by atoms with Crippen molar-refractivity contribution in [3.8, 4) is 22.5 Å². The van der Waals surface area contributed by atoms with E-state index in [1.54, 1.807) is 0 Å². The van der Waals surface area contributed by atoms with Gasteiger partial charge >= 0.3 is 6.18 Å². The topological polar surface area (TPSA) is 95.5 Å². The van der Waals surface area contributed by atoms with Gasteiger partial charge in [-0.05, 0) is 47.2 Å². The number of anilines is 3. The largest absolute Gasteiger partial charge is 0.452 e. The van der Waals surface area contributed by atoms with E-state index in [1.807, 2.05) is 42.5 Å². The molecule has 0 aliphatic carbocycles. The fourth-order valence-corrected chi connectivity index (χ4v) is 4.93. The molecule has 0 fully saturated rings. The summed E-state index contributed by atoms with van der Waals surface area (Å²) in [5.41, 5.74) is 4.04. The van der Waals surface area contributed by atoms with Crippen LogP contribution in [-0.2, 0) is 6.18 Å². The number of rotatable bonds is 10. The summed E-state index contributed by atoms with van der Waals surface area (Å²) in [7, 11) is 0. The first kappa shape index (κ1) is 26.5. The van der Waals surface area contributed by atoms with Gasteiger partial charge in [-0.1, -0.05) is 58.0 Å². The molecule has 0 saturated heterocycles. The number of halogens is 3. The Morgan fingerprint density at radius 2 is 1.78 bits per heavy atom. The highest BCUT2D eigenvalue weighted by molar-refractivity contribution is 7.09. The Labute approximate surface area is 217 Å². The van der Waals surface area contributed by atoms with Gasteiger partial charge in [0.05, 0.1) is 11.4 Å². The zero-order valence-electron chi connectivity index (χ0n) is 21.0. The summed E-state index contributed by atoms with van der Waals surface area (Å²) in [6.45, 7) is 9.38. The quantitative estimate of drug-likeness (QED) is 0.233. The first-order valence-corrected chi connectivity index (χ1v) is 12.9. The van der Waals surface area contributed by atoms with Crippen LogP contribution in [0.5, 0.6) is 0 Å². The normalized spacial score (nSPS) is 11.9. The molecule has 2 aromatic heterocycles. The molecular formula is C25H29F3N8S. The number of benzene rings is 2. The summed E-state index contributed by atoms with van der Waals surface area (Å²) < 4.78 is 43.0. The predicted molar refractivity (Wildman–Crippen MR) is 140 cm³/mol. The Morgan fingerprint density at radius 3 is 2.38 bits per heavy atom. The van der Waals surface area contributed by atoms with Crippen molar-refractivity contribution < 1.29 is 13.2 Å². The number of aromatic amines is 1. The number of tetrazole rings is 1. The summed E-state index contributed by atoms with van der Waals surface area (Å²) in [4.78, 5) is 6.03. The van der Waals surface area contributed by atoms with Crippen LogP contribution >= 0.6 is 11.5 Å². The van der Waals surface area contributed by atoms with Crippen LogP contribution in [0.15, 0.2) is 42.5 Å². The second-order valence-corrected chi connectivity index (χ2v) is 9.83. The first-order valence-electron chi connectivity index (χ1n) is 12.1. The number of hydrogen-bond donors (Lipinski definition) is 2. The predicted octanol–water partition coefficient (Wildman–Crippen LogP) is 6.80. The maximum absolute atomic E-state index is 13.2. The van der Waals surface area contributed by atoms with E-state index in [0.29, 0.717) is 29.0 Å². The molecule has 0 spiro atoms. The minimum absolute atomic E-state index is 0.0752. The number of nitrogens with one attached hydrogen (secondary N) is 2. The minimum Gasteiger partial charge on any atom is -0.367 e. The highest BCUT2D eigenvalue weighted by atomic mass is 32.1. The van der Waals surface area contributed by atoms with E-state index in [4.69, 9.17) is 0 Å². The Hall–Kier alpha value is -3.54. The molecule has 4 aromatic rings. The van der Waals surface area contributed by atoms with Gasteiger partial charge < -0.3 is 10.2 Å². The zero-order valence-corrected chi connectivity index (χ0v) is 21.9. The molecule has 0 unspecified atom stereocenters. The Balaban J connectivity index is 1.84. The molecule has 2 aromatic carbocycles. The second-order valence-electron chi connectivity index (χ2n) is 9.08. The van der Waals surface area contributed by atoms with Crippen LogP contribution in [0.3, 0.4) is 0 Å². The number of H-pyrrole nitrogens is 1. The molecule has 0 bridgehead atoms. The Bertz CT molecular complexity index is 1300. The van der Waals surface area contributed by atoms with Crippen molar-refractivity contribution >= 4 is 28.0 Å². The molecule has 4 rings (SSSR count). The average molecular weight is 531 g/mol. The van der Waals surface area contributed by atoms with Crippen molar-refractivity contribution in [2.24, 2.45) is 5.92 Å². The van der Waals surface area contributed by atoms with Gasteiger partial charge in [0.15, 0.2) is 0 Å². The van der Waals surface area contributed by atoms with Crippen LogP contribution in [-0.4, -0.2) is 42.6 Å². The maximum atomic E-state index is 13.2. The molecule has 12 heteroatoms. The smallest absolute Gasteiger partial charge is 0.367 e. The molecule has 0 atom stereocenters. The van der Waals surface area contributed by atoms with Crippen molar-refractivity contribution in [1.29, 1.82) is 0 Å². The molecule has 0 radical (unpaired) electrons. The molecule has 196 valence electrons. The van der Waals surface area contributed by atoms with E-state index in [-0.39, 0.29) is 11.2 Å². The summed E-state index contributed by atoms with van der Waals surface area (Å²) in [5.74, 6) is -0.323. The lowest BCUT2D eigenvalue weighted by molar-refractivity contribution is -0.144. The third-order valence-corrected chi connectivity index (χ3v) is 6.63. The number of hydrogen-bond acceptors (Lipinski definition) is 8. The van der Waals surface area contributed by atoms with Gasteiger partial charge in [-0.2, -0.15) is 27.7 Å². The van der Waals surface area contributed by atoms with Gasteiger partial charge in [0.2, 0.25) is 16.8 Å². The third-order valence-electron chi connectivity index (χ3n) is 6.00. The molecule has 2 N–H and O–H groups in total. The number of aromatic nitrogens is 6. The van der Waals surface area contributed by atoms with E-state index >= 15 is 0 Å². The first-order chi connectivity index (χ1) is 17.7. The standard InChI is InChI=1S/C25H29F3N8S/c1-5-17(6-2)36(14-15(3)4)21-12-11-16(18-9-7-8-10-19(18)22-31-34-35-32-22)13-20(21)29-24-30-23(33-37-24)25(26,27)28/h7-13,15,17H,5-6,14H2,1-4H3,(H,29,30,33)(H,31,32,34,35). The highest BCUT2D eigenvalue weighted by Crippen LogP contribution is 2.39. The maximum Gasteiger partial charge on any atom is 0.452 e. The Morgan fingerprint density at radius 1 is 1.05 bits per heavy atom. The van der Waals surface area contributed by atoms with E-state index in [1.165, 1.54) is 0 Å². The van der Waals surface area contributed by atoms with Gasteiger partial charge in [0.1, 0.15) is 0 Å². The van der Waals surface area contributed by atoms with E-state index < -0.39 is 12.0 Å². The van der Waals surface area contributed by atoms with Crippen molar-refractivity contribution in [3.63, 3.8) is 0 Å². The fraction of sp³-hybridized carbons (Fsp3) is 0.400. The zero-order chi connectivity index (χ0) is 26.6. The molecule has 0 aliphatic rings. The van der Waals surface area contributed by atoms with Gasteiger partial charge in [-0.15, -0.1) is 10.2 Å². The van der Waals surface area contributed by atoms with Crippen LogP contribution in [0.25, 0.3) is 22.5 Å². The highest BCUT2D eigenvalue weighted by Gasteiger charge is 2.36. The minimum atomic E-state index is -4.61. The monoisotopic (exact) mass is 530 g/mol. The van der Waals surface area contributed by atoms with Crippen molar-refractivity contribution in [1.82, 2.24) is 30.0 Å². The number of nitrogens with zero attached hydrogens (tertiary/aromatic N) is 6. The molecule has 0 aliphatic heterocycles. The Kier molecular flexibility index (Phi) is 8.06. The van der Waals surface area contributed by atoms with E-state index in [2.05, 4.69) is 67.9 Å². The molecule has 0 amide bonds. The molecule has 37 heavy (non-hydrogen) atoms. The second kappa shape index (κ2) is 11.2. The molecule has 8 nitrogen and oxygen atoms in total. The summed E-state index contributed by atoms with van der Waals surface area (Å²) >= 11 is 0.685. The van der Waals surface area contributed by atoms with Crippen LogP contribution < -0.4 is 10.2 Å². The van der Waals surface area contributed by atoms with Crippen LogP contribution in [0, 0.1) is 5.92 Å². The lowest BCUT2D eigenvalue weighted by atomic mass is 9.97. The van der Waals surface area contributed by atoms with Gasteiger partial charge in [-0.3, -0.25) is 0 Å². The molecule has 2 heterocycles. The van der Waals surface area contributed by atoms with Crippen LogP contribution in [0.4, 0.5) is 29.7 Å². The molecule has 0 saturated carbocycles. The van der Waals surface area contributed by atoms with Crippen molar-refractivity contribution in [2.45, 2.75) is 52.8 Å². The van der Waals surface area contributed by atoms with E-state index in [0.717, 1.165) is 41.8 Å². The van der Waals surface area contributed by atoms with Crippen molar-refractivity contribution in [3.05, 3.63) is 48.3 Å². The SMILES string of the molecule is CCC(CC)N(CC(C)C)c1ccc(-c2ccccc2-c2nn[nH]n2)cc1Nc1nc(C(F)(F)F)ns1. The third kappa shape index (κ3) is 6.07.